The van der Waals surface area contributed by atoms with Crippen LogP contribution in [0.25, 0.3) is 0 Å². The van der Waals surface area contributed by atoms with Crippen molar-refractivity contribution in [1.29, 1.82) is 0 Å². The third-order valence-corrected chi connectivity index (χ3v) is 2.72. The Morgan fingerprint density at radius 2 is 1.95 bits per heavy atom. The smallest absolute Gasteiger partial charge is 0.408 e. The minimum Gasteiger partial charge on any atom is -0.439 e. The van der Waals surface area contributed by atoms with Crippen molar-refractivity contribution in [3.05, 3.63) is 0 Å². The molecule has 1 rings (SSSR count). The van der Waals surface area contributed by atoms with E-state index in [0.29, 0.717) is 4.90 Å². The van der Waals surface area contributed by atoms with Crippen LogP contribution in [0.5, 0.6) is 0 Å². The Labute approximate surface area is 120 Å². The molecule has 120 valence electrons. The summed E-state index contributed by atoms with van der Waals surface area (Å²) in [5, 5.41) is 2.44. The molecule has 1 aliphatic rings. The molecule has 3 N–H and O–H groups in total. The zero-order valence-corrected chi connectivity index (χ0v) is 12.1. The van der Waals surface area contributed by atoms with Crippen molar-refractivity contribution < 1.29 is 27.9 Å². The molecule has 3 amide bonds. The van der Waals surface area contributed by atoms with E-state index >= 15 is 0 Å². The van der Waals surface area contributed by atoms with Crippen molar-refractivity contribution in [3.8, 4) is 0 Å². The van der Waals surface area contributed by atoms with E-state index in [4.69, 9.17) is 5.73 Å². The molecule has 1 atom stereocenters. The van der Waals surface area contributed by atoms with Crippen LogP contribution in [0.4, 0.5) is 13.6 Å². The average Bonchev–Trinajstić information content (AvgIpc) is 2.60. The number of amides is 3. The lowest BCUT2D eigenvalue weighted by Crippen LogP contribution is -2.47. The number of halogens is 2. The van der Waals surface area contributed by atoms with Gasteiger partial charge in [-0.15, -0.1) is 0 Å². The summed E-state index contributed by atoms with van der Waals surface area (Å²) in [5.74, 6) is -5.08. The number of hydrogen-bond donors (Lipinski definition) is 2. The molecule has 7 nitrogen and oxygen atoms in total. The van der Waals surface area contributed by atoms with E-state index in [1.54, 1.807) is 20.8 Å². The van der Waals surface area contributed by atoms with Crippen LogP contribution in [0, 0.1) is 0 Å². The van der Waals surface area contributed by atoms with Gasteiger partial charge in [-0.25, -0.2) is 13.6 Å². The van der Waals surface area contributed by atoms with Gasteiger partial charge >= 0.3 is 6.09 Å². The van der Waals surface area contributed by atoms with Gasteiger partial charge in [0.15, 0.2) is 6.61 Å². The molecule has 1 heterocycles. The number of nitrogens with one attached hydrogen (secondary N) is 1. The SMILES string of the molecule is CC(C)(C)NC(=O)OCC(=O)N1CC(F)(F)C[C@H]1C(N)=O. The highest BCUT2D eigenvalue weighted by atomic mass is 19.3. The van der Waals surface area contributed by atoms with Crippen LogP contribution in [0.1, 0.15) is 27.2 Å². The summed E-state index contributed by atoms with van der Waals surface area (Å²) in [6, 6.07) is -1.39. The third-order valence-electron chi connectivity index (χ3n) is 2.72. The summed E-state index contributed by atoms with van der Waals surface area (Å²) in [6.45, 7) is 3.48. The van der Waals surface area contributed by atoms with Gasteiger partial charge in [-0.1, -0.05) is 0 Å². The van der Waals surface area contributed by atoms with E-state index in [-0.39, 0.29) is 0 Å². The molecule has 1 fully saturated rings. The van der Waals surface area contributed by atoms with Gasteiger partial charge in [0.25, 0.3) is 11.8 Å². The normalized spacial score (nSPS) is 21.0. The number of primary amides is 1. The zero-order valence-electron chi connectivity index (χ0n) is 12.1. The monoisotopic (exact) mass is 307 g/mol. The summed E-state index contributed by atoms with van der Waals surface area (Å²) >= 11 is 0. The second kappa shape index (κ2) is 5.82. The van der Waals surface area contributed by atoms with E-state index in [1.807, 2.05) is 0 Å². The summed E-state index contributed by atoms with van der Waals surface area (Å²) in [6.07, 6.45) is -1.67. The molecule has 0 saturated carbocycles. The van der Waals surface area contributed by atoms with Gasteiger partial charge in [-0.2, -0.15) is 0 Å². The molecule has 0 aromatic heterocycles. The molecule has 0 aromatic rings. The first-order valence-corrected chi connectivity index (χ1v) is 6.33. The molecule has 21 heavy (non-hydrogen) atoms. The second-order valence-corrected chi connectivity index (χ2v) is 5.95. The fourth-order valence-electron chi connectivity index (χ4n) is 1.89. The number of alkyl carbamates (subject to hydrolysis) is 1. The molecule has 0 aromatic carbocycles. The Balaban J connectivity index is 2.59. The zero-order chi connectivity index (χ0) is 16.4. The first-order valence-electron chi connectivity index (χ1n) is 6.33. The molecule has 0 bridgehead atoms. The van der Waals surface area contributed by atoms with Crippen molar-refractivity contribution in [3.63, 3.8) is 0 Å². The number of nitrogens with zero attached hydrogens (tertiary/aromatic N) is 1. The number of hydrogen-bond acceptors (Lipinski definition) is 4. The van der Waals surface area contributed by atoms with E-state index in [9.17, 15) is 23.2 Å². The number of ether oxygens (including phenoxy) is 1. The maximum Gasteiger partial charge on any atom is 0.408 e. The lowest BCUT2D eigenvalue weighted by atomic mass is 10.1. The van der Waals surface area contributed by atoms with Crippen molar-refractivity contribution in [1.82, 2.24) is 10.2 Å². The number of nitrogens with two attached hydrogens (primary N) is 1. The average molecular weight is 307 g/mol. The molecule has 0 spiro atoms. The van der Waals surface area contributed by atoms with Crippen LogP contribution in [-0.4, -0.2) is 53.5 Å². The van der Waals surface area contributed by atoms with Crippen LogP contribution in [0.2, 0.25) is 0 Å². The Kier molecular flexibility index (Phi) is 4.75. The molecular weight excluding hydrogens is 288 g/mol. The fourth-order valence-corrected chi connectivity index (χ4v) is 1.89. The topological polar surface area (TPSA) is 102 Å². The summed E-state index contributed by atoms with van der Waals surface area (Å²) in [4.78, 5) is 34.9. The van der Waals surface area contributed by atoms with Gasteiger partial charge in [0.1, 0.15) is 6.04 Å². The third kappa shape index (κ3) is 5.16. The van der Waals surface area contributed by atoms with Crippen LogP contribution in [0.3, 0.4) is 0 Å². The summed E-state index contributed by atoms with van der Waals surface area (Å²) in [7, 11) is 0. The number of alkyl halides is 2. The van der Waals surface area contributed by atoms with Crippen molar-refractivity contribution in [2.75, 3.05) is 13.2 Å². The molecule has 1 saturated heterocycles. The first kappa shape index (κ1) is 17.1. The minimum absolute atomic E-state index is 0.559. The largest absolute Gasteiger partial charge is 0.439 e. The lowest BCUT2D eigenvalue weighted by Gasteiger charge is -2.23. The molecule has 1 aliphatic heterocycles. The standard InChI is InChI=1S/C12H19F2N3O4/c1-11(2,3)16-10(20)21-5-8(18)17-6-12(13,14)4-7(17)9(15)19/h7H,4-6H2,1-3H3,(H2,15,19)(H,16,20)/t7-/m0/s1. The van der Waals surface area contributed by atoms with E-state index in [0.717, 1.165) is 0 Å². The molecular formula is C12H19F2N3O4. The maximum absolute atomic E-state index is 13.3. The summed E-state index contributed by atoms with van der Waals surface area (Å²) < 4.78 is 31.2. The quantitative estimate of drug-likeness (QED) is 0.779. The van der Waals surface area contributed by atoms with Crippen molar-refractivity contribution >= 4 is 17.9 Å². The van der Waals surface area contributed by atoms with Gasteiger partial charge in [-0.05, 0) is 20.8 Å². The van der Waals surface area contributed by atoms with Crippen molar-refractivity contribution in [2.24, 2.45) is 5.73 Å². The van der Waals surface area contributed by atoms with Gasteiger partial charge in [0, 0.05) is 12.0 Å². The lowest BCUT2D eigenvalue weighted by molar-refractivity contribution is -0.140. The van der Waals surface area contributed by atoms with E-state index in [2.05, 4.69) is 10.1 Å². The number of carbonyl (C=O) groups is 3. The highest BCUT2D eigenvalue weighted by molar-refractivity contribution is 5.88. The fraction of sp³-hybridized carbons (Fsp3) is 0.750. The minimum atomic E-state index is -3.18. The number of rotatable bonds is 3. The predicted molar refractivity (Wildman–Crippen MR) is 68.5 cm³/mol. The molecule has 0 aliphatic carbocycles. The van der Waals surface area contributed by atoms with Gasteiger partial charge in [-0.3, -0.25) is 9.59 Å². The second-order valence-electron chi connectivity index (χ2n) is 5.95. The predicted octanol–water partition coefficient (Wildman–Crippen LogP) is 0.233. The Hall–Kier alpha value is -1.93. The molecule has 0 unspecified atom stereocenters. The van der Waals surface area contributed by atoms with Crippen LogP contribution in [-0.2, 0) is 14.3 Å². The van der Waals surface area contributed by atoms with Crippen molar-refractivity contribution in [2.45, 2.75) is 44.7 Å². The highest BCUT2D eigenvalue weighted by Crippen LogP contribution is 2.31. The van der Waals surface area contributed by atoms with Gasteiger partial charge < -0.3 is 20.7 Å². The maximum atomic E-state index is 13.3. The van der Waals surface area contributed by atoms with Crippen LogP contribution < -0.4 is 11.1 Å². The Morgan fingerprint density at radius 1 is 1.38 bits per heavy atom. The Morgan fingerprint density at radius 3 is 2.43 bits per heavy atom. The number of carbonyl (C=O) groups excluding carboxylic acids is 3. The molecule has 0 radical (unpaired) electrons. The van der Waals surface area contributed by atoms with Crippen LogP contribution in [0.15, 0.2) is 0 Å². The van der Waals surface area contributed by atoms with Gasteiger partial charge in [0.2, 0.25) is 5.91 Å². The number of likely N-dealkylation sites (tertiary alicyclic amines) is 1. The van der Waals surface area contributed by atoms with E-state index < -0.39 is 55.0 Å². The van der Waals surface area contributed by atoms with Gasteiger partial charge in [0.05, 0.1) is 6.54 Å². The summed E-state index contributed by atoms with van der Waals surface area (Å²) in [5.41, 5.74) is 4.44. The highest BCUT2D eigenvalue weighted by Gasteiger charge is 2.49. The Bertz CT molecular complexity index is 448. The van der Waals surface area contributed by atoms with Crippen LogP contribution >= 0.6 is 0 Å². The first-order chi connectivity index (χ1) is 9.41. The molecule has 9 heteroatoms. The van der Waals surface area contributed by atoms with E-state index in [1.165, 1.54) is 0 Å².